The van der Waals surface area contributed by atoms with Crippen molar-refractivity contribution >= 4 is 74.9 Å². The first-order valence-corrected chi connectivity index (χ1v) is 16.1. The molecule has 1 fully saturated rings. The predicted octanol–water partition coefficient (Wildman–Crippen LogP) is 1.37. The number of aromatic nitrogens is 4. The quantitative estimate of drug-likeness (QED) is 0.0235. The van der Waals surface area contributed by atoms with Gasteiger partial charge < -0.3 is 35.4 Å². The molecular weight excluding hydrogens is 836 g/mol. The standard InChI is InChI=1S/C22H22FN5O4.C3H6BN3O2.C3H3BN2O.C3H5N3O.CH4.2ClH.H3NO/c1-14(29)25-10-18-12-28(22(30)32-18)17-6-7-19(20(23)8-17)16-4-2-15(3-5-16)9-24-11-21-26-13-31-27-21;5-3(7-9)1-6-2-4-8;5-1-2-6-3-4-7;4-1-3-5-2-7-6-3;;;;1-2/h2-8,13,18,24H,9-12H2,1H3,(H,25,29);2,9H,1H2,(H2,5,7);3H,2H2;2H,1,4H2;1H4;2*1H;2H,1H2/t18-;;;;;;;/m0......./s1. The Labute approximate surface area is 357 Å². The minimum Gasteiger partial charge on any atom is -0.343 e. The van der Waals surface area contributed by atoms with E-state index in [1.807, 2.05) is 24.3 Å². The van der Waals surface area contributed by atoms with Crippen LogP contribution in [-0.2, 0) is 38.6 Å². The number of cyclic esters (lactones) is 1. The van der Waals surface area contributed by atoms with Gasteiger partial charge in [0.15, 0.2) is 11.6 Å². The van der Waals surface area contributed by atoms with Gasteiger partial charge in [0, 0.05) is 19.0 Å². The maximum atomic E-state index is 14.9. The first kappa shape index (κ1) is 58.0. The smallest absolute Gasteiger partial charge is 0.213 e. The minimum atomic E-state index is -0.565. The molecule has 10 N–H and O–H groups in total. The monoisotopic (exact) mass is 880 g/mol. The van der Waals surface area contributed by atoms with E-state index >= 15 is 0 Å². The number of benzene rings is 2. The summed E-state index contributed by atoms with van der Waals surface area (Å²) in [5.74, 6) is 3.95. The molecule has 0 saturated carbocycles. The number of nitrogens with zero attached hydrogens (tertiary/aromatic N) is 9. The summed E-state index contributed by atoms with van der Waals surface area (Å²) in [6.45, 7) is 3.40. The molecule has 4 aromatic rings. The Bertz CT molecular complexity index is 1910. The third kappa shape index (κ3) is 23.8. The van der Waals surface area contributed by atoms with Crippen LogP contribution >= 0.6 is 24.8 Å². The fourth-order valence-electron chi connectivity index (χ4n) is 4.03. The normalized spacial score (nSPS) is 12.2. The molecule has 0 bridgehead atoms. The zero-order valence-corrected chi connectivity index (χ0v) is 32.9. The van der Waals surface area contributed by atoms with Crippen LogP contribution in [0.3, 0.4) is 0 Å². The largest absolute Gasteiger partial charge is 0.343 e. The molecule has 0 unspecified atom stereocenters. The summed E-state index contributed by atoms with van der Waals surface area (Å²) in [4.78, 5) is 38.9. The molecule has 0 spiro atoms. The third-order valence-electron chi connectivity index (χ3n) is 6.47. The van der Waals surface area contributed by atoms with E-state index < -0.39 is 18.0 Å². The predicted molar refractivity (Wildman–Crippen MR) is 221 cm³/mol. The van der Waals surface area contributed by atoms with Crippen molar-refractivity contribution in [3.05, 3.63) is 78.3 Å². The fraction of sp³-hybridized carbons (Fsp3) is 0.312. The third-order valence-corrected chi connectivity index (χ3v) is 6.47. The number of halogens is 3. The molecular formula is C32H45B2Cl2FN14O9. The maximum Gasteiger partial charge on any atom is 0.213 e. The van der Waals surface area contributed by atoms with Crippen LogP contribution in [0.25, 0.3) is 11.1 Å². The Kier molecular flexibility index (Phi) is 34.6. The van der Waals surface area contributed by atoms with E-state index in [1.165, 1.54) is 30.7 Å². The van der Waals surface area contributed by atoms with Crippen LogP contribution in [0.15, 0.2) is 79.4 Å². The van der Waals surface area contributed by atoms with Gasteiger partial charge in [0.05, 0.1) is 31.9 Å². The molecule has 1 aliphatic rings. The van der Waals surface area contributed by atoms with Crippen molar-refractivity contribution < 1.29 is 47.6 Å². The second kappa shape index (κ2) is 35.8. The van der Waals surface area contributed by atoms with Gasteiger partial charge >= 0.3 is 98.4 Å². The topological polar surface area (TPSA) is 362 Å². The second-order valence-corrected chi connectivity index (χ2v) is 10.4. The summed E-state index contributed by atoms with van der Waals surface area (Å²) in [5, 5.41) is 37.8. The van der Waals surface area contributed by atoms with Crippen molar-refractivity contribution in [2.75, 3.05) is 31.1 Å². The molecule has 28 heteroatoms. The van der Waals surface area contributed by atoms with Crippen molar-refractivity contribution in [1.29, 1.82) is 5.26 Å². The molecule has 2 aromatic carbocycles. The molecule has 5 rings (SSSR count). The van der Waals surface area contributed by atoms with Gasteiger partial charge in [-0.05, 0) is 29.3 Å². The molecule has 60 heavy (non-hydrogen) atoms. The fourth-order valence-corrected chi connectivity index (χ4v) is 4.03. The van der Waals surface area contributed by atoms with Crippen molar-refractivity contribution in [2.45, 2.75) is 40.1 Å². The summed E-state index contributed by atoms with van der Waals surface area (Å²) in [6.07, 6.45) is 3.59. The summed E-state index contributed by atoms with van der Waals surface area (Å²) in [7, 11) is 1.06. The van der Waals surface area contributed by atoms with Gasteiger partial charge in [-0.25, -0.2) is 15.1 Å². The Hall–Kier alpha value is -6.36. The summed E-state index contributed by atoms with van der Waals surface area (Å²) in [5.41, 5.74) is 12.7. The van der Waals surface area contributed by atoms with Gasteiger partial charge in [0.2, 0.25) is 18.7 Å². The molecule has 0 aliphatic carbocycles. The number of carbonyl (C=O) groups excluding carboxylic acids is 2. The zero-order valence-electron chi connectivity index (χ0n) is 31.2. The number of nitrogens with one attached hydrogen (secondary N) is 2. The van der Waals surface area contributed by atoms with Gasteiger partial charge in [-0.3, -0.25) is 9.69 Å². The van der Waals surface area contributed by atoms with Gasteiger partial charge in [-0.15, -0.1) is 24.8 Å². The molecule has 1 aliphatic heterocycles. The van der Waals surface area contributed by atoms with E-state index in [4.69, 9.17) is 31.9 Å². The van der Waals surface area contributed by atoms with E-state index in [0.717, 1.165) is 23.4 Å². The van der Waals surface area contributed by atoms with Gasteiger partial charge in [-0.2, -0.15) is 9.97 Å². The SMILES string of the molecule is C.CC(=O)NC[C@H]1CN(c2ccc(-c3ccc(CNCc4ncon4)cc3)c(F)c2)C(=O)O1.Cl.Cl.N#CCN=CB=O.N/C(CN=CB=O)=N\O.NCc1ncon1.NO. The number of hydrogen-bond acceptors (Lipinski definition) is 20. The number of amidine groups is 1. The van der Waals surface area contributed by atoms with E-state index in [0.29, 0.717) is 56.8 Å². The van der Waals surface area contributed by atoms with Crippen LogP contribution in [0.1, 0.15) is 31.6 Å². The van der Waals surface area contributed by atoms with E-state index in [9.17, 15) is 23.4 Å². The molecule has 3 heterocycles. The van der Waals surface area contributed by atoms with Crippen LogP contribution in [0.2, 0.25) is 0 Å². The summed E-state index contributed by atoms with van der Waals surface area (Å²) >= 11 is 0. The van der Waals surface area contributed by atoms with Crippen molar-refractivity contribution in [1.82, 2.24) is 30.9 Å². The Morgan fingerprint density at radius 1 is 1.05 bits per heavy atom. The van der Waals surface area contributed by atoms with E-state index in [1.54, 1.807) is 18.2 Å². The number of carbonyl (C=O) groups is 2. The number of rotatable bonds is 14. The number of ether oxygens (including phenoxy) is 1. The number of amides is 2. The van der Waals surface area contributed by atoms with Crippen LogP contribution in [0.5, 0.6) is 0 Å². The Morgan fingerprint density at radius 2 is 1.67 bits per heavy atom. The number of hydrogen-bond donors (Lipinski definition) is 7. The molecule has 2 aromatic heterocycles. The second-order valence-electron chi connectivity index (χ2n) is 10.4. The van der Waals surface area contributed by atoms with Crippen LogP contribution in [0, 0.1) is 17.1 Å². The van der Waals surface area contributed by atoms with Gasteiger partial charge in [0.25, 0.3) is 0 Å². The summed E-state index contributed by atoms with van der Waals surface area (Å²) < 4.78 is 48.1. The average molecular weight is 881 g/mol. The Morgan fingerprint density at radius 3 is 2.17 bits per heavy atom. The Balaban J connectivity index is -0.000000952. The number of anilines is 1. The molecule has 0 radical (unpaired) electrons. The van der Waals surface area contributed by atoms with Crippen molar-refractivity contribution in [3.63, 3.8) is 0 Å². The van der Waals surface area contributed by atoms with Gasteiger partial charge in [-0.1, -0.05) is 42.0 Å². The van der Waals surface area contributed by atoms with Crippen LogP contribution < -0.4 is 32.9 Å². The van der Waals surface area contributed by atoms with E-state index in [-0.39, 0.29) is 70.2 Å². The zero-order chi connectivity index (χ0) is 42.3. The molecule has 1 saturated heterocycles. The van der Waals surface area contributed by atoms with Crippen molar-refractivity contribution in [2.24, 2.45) is 32.5 Å². The average Bonchev–Trinajstić information content (AvgIpc) is 4.03. The number of nitriles is 1. The summed E-state index contributed by atoms with van der Waals surface area (Å²) in [6, 6.07) is 13.9. The molecule has 324 valence electrons. The van der Waals surface area contributed by atoms with Crippen molar-refractivity contribution in [3.8, 4) is 17.2 Å². The van der Waals surface area contributed by atoms with E-state index in [2.05, 4.69) is 61.0 Å². The number of aliphatic imine (C=N–C) groups is 2. The molecule has 23 nitrogen and oxygen atoms in total. The first-order valence-electron chi connectivity index (χ1n) is 16.1. The minimum absolute atomic E-state index is 0. The molecule has 2 amide bonds. The van der Waals surface area contributed by atoms with Crippen LogP contribution in [0.4, 0.5) is 14.9 Å². The van der Waals surface area contributed by atoms with Gasteiger partial charge in [0.1, 0.15) is 11.9 Å². The molecule has 1 atom stereocenters. The number of nitrogens with two attached hydrogens (primary N) is 3. The van der Waals surface area contributed by atoms with Crippen LogP contribution in [-0.4, -0.2) is 107 Å². The maximum absolute atomic E-state index is 14.9. The first-order chi connectivity index (χ1) is 27.6. The number of oxime groups is 1.